The van der Waals surface area contributed by atoms with Crippen molar-refractivity contribution in [2.75, 3.05) is 27.2 Å². The van der Waals surface area contributed by atoms with Crippen molar-refractivity contribution in [2.24, 2.45) is 0 Å². The quantitative estimate of drug-likeness (QED) is 0.472. The number of ether oxygens (including phenoxy) is 2. The van der Waals surface area contributed by atoms with Crippen molar-refractivity contribution in [2.45, 2.75) is 39.2 Å². The van der Waals surface area contributed by atoms with Crippen molar-refractivity contribution in [3.05, 3.63) is 12.2 Å². The van der Waals surface area contributed by atoms with E-state index in [9.17, 15) is 9.59 Å². The molecule has 0 N–H and O–H groups in total. The molecule has 0 rings (SSSR count). The van der Waals surface area contributed by atoms with Crippen LogP contribution in [0.1, 0.15) is 33.1 Å². The first kappa shape index (κ1) is 17.6. The van der Waals surface area contributed by atoms with Crippen molar-refractivity contribution in [3.63, 3.8) is 0 Å². The van der Waals surface area contributed by atoms with Crippen LogP contribution < -0.4 is 0 Å². The number of carbonyl (C=O) groups excluding carboxylic acids is 2. The summed E-state index contributed by atoms with van der Waals surface area (Å²) in [5, 5.41) is 0. The summed E-state index contributed by atoms with van der Waals surface area (Å²) in [4.78, 5) is 24.0. The van der Waals surface area contributed by atoms with Gasteiger partial charge in [0.15, 0.2) is 0 Å². The minimum absolute atomic E-state index is 0.152. The Balaban J connectivity index is 3.64. The van der Waals surface area contributed by atoms with Crippen LogP contribution in [-0.4, -0.2) is 50.2 Å². The topological polar surface area (TPSA) is 55.8 Å². The Morgan fingerprint density at radius 1 is 1.26 bits per heavy atom. The average molecular weight is 271 g/mol. The number of nitrogens with zero attached hydrogens (tertiary/aromatic N) is 1. The maximum absolute atomic E-state index is 11.5. The van der Waals surface area contributed by atoms with Crippen LogP contribution in [0, 0.1) is 0 Å². The second-order valence-corrected chi connectivity index (χ2v) is 4.72. The SMILES string of the molecule is CC(=O)OC/C=C/CC(C)OC(=O)CCCN(C)C. The standard InChI is InChI=1S/C14H25NO4/c1-12(8-5-6-11-18-13(2)16)19-14(17)9-7-10-15(3)4/h5-6,12H,7-11H2,1-4H3/b6-5+. The number of hydrogen-bond acceptors (Lipinski definition) is 5. The fourth-order valence-corrected chi connectivity index (χ4v) is 1.39. The van der Waals surface area contributed by atoms with Gasteiger partial charge in [0, 0.05) is 19.8 Å². The highest BCUT2D eigenvalue weighted by Crippen LogP contribution is 2.03. The van der Waals surface area contributed by atoms with Crippen LogP contribution in [0.4, 0.5) is 0 Å². The van der Waals surface area contributed by atoms with Gasteiger partial charge in [-0.15, -0.1) is 0 Å². The molecule has 0 aliphatic carbocycles. The molecule has 5 nitrogen and oxygen atoms in total. The molecule has 0 aliphatic heterocycles. The zero-order valence-corrected chi connectivity index (χ0v) is 12.3. The molecule has 0 heterocycles. The van der Waals surface area contributed by atoms with Crippen molar-refractivity contribution in [1.29, 1.82) is 0 Å². The summed E-state index contributed by atoms with van der Waals surface area (Å²) in [5.41, 5.74) is 0. The molecule has 0 saturated heterocycles. The van der Waals surface area contributed by atoms with Gasteiger partial charge >= 0.3 is 11.9 Å². The van der Waals surface area contributed by atoms with Gasteiger partial charge in [-0.05, 0) is 34.0 Å². The molecule has 0 aliphatic rings. The Hall–Kier alpha value is -1.36. The summed E-state index contributed by atoms with van der Waals surface area (Å²) in [6.45, 7) is 4.36. The summed E-state index contributed by atoms with van der Waals surface area (Å²) in [5.74, 6) is -0.465. The lowest BCUT2D eigenvalue weighted by molar-refractivity contribution is -0.148. The van der Waals surface area contributed by atoms with Crippen molar-refractivity contribution in [1.82, 2.24) is 4.90 Å². The molecule has 110 valence electrons. The van der Waals surface area contributed by atoms with Crippen LogP contribution in [0.5, 0.6) is 0 Å². The average Bonchev–Trinajstić information content (AvgIpc) is 2.27. The van der Waals surface area contributed by atoms with Crippen LogP contribution >= 0.6 is 0 Å². The predicted molar refractivity (Wildman–Crippen MR) is 73.7 cm³/mol. The van der Waals surface area contributed by atoms with E-state index in [1.807, 2.05) is 32.0 Å². The van der Waals surface area contributed by atoms with Gasteiger partial charge in [0.25, 0.3) is 0 Å². The van der Waals surface area contributed by atoms with Crippen LogP contribution in [0.3, 0.4) is 0 Å². The molecule has 0 spiro atoms. The number of carbonyl (C=O) groups is 2. The first-order valence-electron chi connectivity index (χ1n) is 6.54. The van der Waals surface area contributed by atoms with Gasteiger partial charge in [0.1, 0.15) is 12.7 Å². The predicted octanol–water partition coefficient (Wildman–Crippen LogP) is 1.77. The van der Waals surface area contributed by atoms with E-state index in [1.165, 1.54) is 6.92 Å². The Kier molecular flexibility index (Phi) is 9.80. The minimum Gasteiger partial charge on any atom is -0.462 e. The molecule has 1 unspecified atom stereocenters. The van der Waals surface area contributed by atoms with Gasteiger partial charge in [0.05, 0.1) is 0 Å². The smallest absolute Gasteiger partial charge is 0.306 e. The van der Waals surface area contributed by atoms with Gasteiger partial charge in [-0.3, -0.25) is 9.59 Å². The molecule has 0 saturated carbocycles. The molecular weight excluding hydrogens is 246 g/mol. The fraction of sp³-hybridized carbons (Fsp3) is 0.714. The summed E-state index contributed by atoms with van der Waals surface area (Å²) in [7, 11) is 3.95. The summed E-state index contributed by atoms with van der Waals surface area (Å²) >= 11 is 0. The Morgan fingerprint density at radius 3 is 2.53 bits per heavy atom. The molecule has 0 amide bonds. The highest BCUT2D eigenvalue weighted by Gasteiger charge is 2.07. The summed E-state index contributed by atoms with van der Waals surface area (Å²) in [6, 6.07) is 0. The summed E-state index contributed by atoms with van der Waals surface area (Å²) in [6.07, 6.45) is 5.32. The van der Waals surface area contributed by atoms with Crippen molar-refractivity contribution in [3.8, 4) is 0 Å². The Bertz CT molecular complexity index is 300. The third-order valence-electron chi connectivity index (χ3n) is 2.34. The number of hydrogen-bond donors (Lipinski definition) is 0. The molecule has 1 atom stereocenters. The van der Waals surface area contributed by atoms with Gasteiger partial charge in [0.2, 0.25) is 0 Å². The molecule has 0 aromatic rings. The molecule has 0 bridgehead atoms. The molecule has 0 radical (unpaired) electrons. The van der Waals surface area contributed by atoms with Crippen LogP contribution in [0.25, 0.3) is 0 Å². The number of rotatable bonds is 9. The van der Waals surface area contributed by atoms with E-state index in [0.29, 0.717) is 12.8 Å². The van der Waals surface area contributed by atoms with E-state index in [0.717, 1.165) is 13.0 Å². The maximum Gasteiger partial charge on any atom is 0.306 e. The third-order valence-corrected chi connectivity index (χ3v) is 2.34. The van der Waals surface area contributed by atoms with E-state index in [1.54, 1.807) is 6.08 Å². The minimum atomic E-state index is -0.301. The monoisotopic (exact) mass is 271 g/mol. The second kappa shape index (κ2) is 10.6. The molecular formula is C14H25NO4. The van der Waals surface area contributed by atoms with E-state index in [-0.39, 0.29) is 24.6 Å². The first-order valence-corrected chi connectivity index (χ1v) is 6.54. The highest BCUT2D eigenvalue weighted by atomic mass is 16.5. The first-order chi connectivity index (χ1) is 8.91. The molecule has 0 aromatic heterocycles. The third kappa shape index (κ3) is 12.9. The van der Waals surface area contributed by atoms with Crippen molar-refractivity contribution < 1.29 is 19.1 Å². The van der Waals surface area contributed by atoms with Gasteiger partial charge in [-0.2, -0.15) is 0 Å². The largest absolute Gasteiger partial charge is 0.462 e. The lowest BCUT2D eigenvalue weighted by Crippen LogP contribution is -2.17. The zero-order valence-electron chi connectivity index (χ0n) is 12.3. The van der Waals surface area contributed by atoms with Crippen LogP contribution in [-0.2, 0) is 19.1 Å². The lowest BCUT2D eigenvalue weighted by Gasteiger charge is -2.12. The van der Waals surface area contributed by atoms with Crippen LogP contribution in [0.15, 0.2) is 12.2 Å². The van der Waals surface area contributed by atoms with E-state index < -0.39 is 0 Å². The fourth-order valence-electron chi connectivity index (χ4n) is 1.39. The molecule has 19 heavy (non-hydrogen) atoms. The molecule has 5 heteroatoms. The molecule has 0 fully saturated rings. The van der Waals surface area contributed by atoms with E-state index in [4.69, 9.17) is 9.47 Å². The highest BCUT2D eigenvalue weighted by molar-refractivity contribution is 5.69. The van der Waals surface area contributed by atoms with Crippen LogP contribution in [0.2, 0.25) is 0 Å². The number of esters is 2. The Morgan fingerprint density at radius 2 is 1.95 bits per heavy atom. The maximum atomic E-state index is 11.5. The van der Waals surface area contributed by atoms with Gasteiger partial charge in [-0.1, -0.05) is 12.2 Å². The van der Waals surface area contributed by atoms with E-state index >= 15 is 0 Å². The van der Waals surface area contributed by atoms with Crippen molar-refractivity contribution >= 4 is 11.9 Å². The van der Waals surface area contributed by atoms with Gasteiger partial charge in [-0.25, -0.2) is 0 Å². The van der Waals surface area contributed by atoms with E-state index in [2.05, 4.69) is 0 Å². The lowest BCUT2D eigenvalue weighted by atomic mass is 10.2. The normalized spacial score (nSPS) is 12.7. The second-order valence-electron chi connectivity index (χ2n) is 4.72. The zero-order chi connectivity index (χ0) is 14.7. The molecule has 0 aromatic carbocycles. The Labute approximate surface area is 115 Å². The summed E-state index contributed by atoms with van der Waals surface area (Å²) < 4.78 is 9.99. The van der Waals surface area contributed by atoms with Gasteiger partial charge < -0.3 is 14.4 Å².